The number of rotatable bonds is 4. The zero-order valence-corrected chi connectivity index (χ0v) is 19.7. The summed E-state index contributed by atoms with van der Waals surface area (Å²) in [5.41, 5.74) is 6.54. The third-order valence-electron chi connectivity index (χ3n) is 5.92. The number of anilines is 1. The van der Waals surface area contributed by atoms with Crippen LogP contribution in [-0.2, 0) is 10.0 Å². The van der Waals surface area contributed by atoms with E-state index in [0.717, 1.165) is 26.7 Å². The predicted octanol–water partition coefficient (Wildman–Crippen LogP) is 4.19. The van der Waals surface area contributed by atoms with Gasteiger partial charge >= 0.3 is 0 Å². The fourth-order valence-corrected chi connectivity index (χ4v) is 6.96. The van der Waals surface area contributed by atoms with Gasteiger partial charge in [0.05, 0.1) is 9.77 Å². The van der Waals surface area contributed by atoms with Crippen LogP contribution in [-0.4, -0.2) is 49.1 Å². The molecule has 0 amide bonds. The first-order valence-corrected chi connectivity index (χ1v) is 12.4. The minimum absolute atomic E-state index is 0.405. The molecule has 4 rings (SSSR count). The maximum absolute atomic E-state index is 13.4. The second kappa shape index (κ2) is 7.83. The average molecular weight is 445 g/mol. The number of nitrogens with zero attached hydrogens (tertiary/aromatic N) is 3. The molecule has 1 N–H and O–H groups in total. The van der Waals surface area contributed by atoms with Crippen LogP contribution >= 0.6 is 11.3 Å². The molecule has 2 aromatic heterocycles. The molecule has 0 spiro atoms. The number of hydrogen-bond acceptors (Lipinski definition) is 5. The number of nitrogens with one attached hydrogen (secondary N) is 1. The summed E-state index contributed by atoms with van der Waals surface area (Å²) < 4.78 is 28.4. The molecule has 0 atom stereocenters. The highest BCUT2D eigenvalue weighted by atomic mass is 32.2. The second-order valence-corrected chi connectivity index (χ2v) is 11.2. The summed E-state index contributed by atoms with van der Waals surface area (Å²) in [5, 5.41) is 7.35. The summed E-state index contributed by atoms with van der Waals surface area (Å²) in [6.07, 6.45) is 0. The van der Waals surface area contributed by atoms with Crippen molar-refractivity contribution in [2.24, 2.45) is 0 Å². The Morgan fingerprint density at radius 1 is 1.00 bits per heavy atom. The number of thiophene rings is 1. The molecule has 1 aliphatic rings. The van der Waals surface area contributed by atoms with Gasteiger partial charge in [0, 0.05) is 42.4 Å². The van der Waals surface area contributed by atoms with Crippen LogP contribution in [0, 0.1) is 34.6 Å². The lowest BCUT2D eigenvalue weighted by Crippen LogP contribution is -2.48. The van der Waals surface area contributed by atoms with Crippen molar-refractivity contribution in [3.8, 4) is 10.6 Å². The summed E-state index contributed by atoms with van der Waals surface area (Å²) in [5.74, 6) is 0. The van der Waals surface area contributed by atoms with Crippen molar-refractivity contribution >= 4 is 27.0 Å². The maximum Gasteiger partial charge on any atom is 0.244 e. The first-order valence-electron chi connectivity index (χ1n) is 10.1. The van der Waals surface area contributed by atoms with Gasteiger partial charge in [-0.1, -0.05) is 12.1 Å². The average Bonchev–Trinajstić information content (AvgIpc) is 3.26. The monoisotopic (exact) mass is 444 g/mol. The van der Waals surface area contributed by atoms with Crippen molar-refractivity contribution in [3.63, 3.8) is 0 Å². The van der Waals surface area contributed by atoms with Crippen molar-refractivity contribution in [1.82, 2.24) is 14.5 Å². The molecule has 1 saturated heterocycles. The first kappa shape index (κ1) is 21.1. The Morgan fingerprint density at radius 2 is 1.70 bits per heavy atom. The standard InChI is InChI=1S/C22H28N4O2S2/c1-14-6-7-15(2)19(12-14)25-8-10-26(11-9-25)30(27,28)21-13-20(29-18(21)5)22-16(3)17(4)23-24-22/h6-7,12-13H,8-11H2,1-5H3,(H,23,24). The smallest absolute Gasteiger partial charge is 0.244 e. The molecule has 0 aliphatic carbocycles. The third kappa shape index (κ3) is 3.68. The van der Waals surface area contributed by atoms with Crippen LogP contribution in [0.25, 0.3) is 10.6 Å². The predicted molar refractivity (Wildman–Crippen MR) is 123 cm³/mol. The van der Waals surface area contributed by atoms with E-state index in [1.165, 1.54) is 28.2 Å². The van der Waals surface area contributed by atoms with Gasteiger partial charge in [0.15, 0.2) is 0 Å². The lowest BCUT2D eigenvalue weighted by atomic mass is 10.1. The van der Waals surface area contributed by atoms with Crippen molar-refractivity contribution < 1.29 is 8.42 Å². The molecule has 1 fully saturated rings. The highest BCUT2D eigenvalue weighted by Gasteiger charge is 2.31. The number of H-pyrrole nitrogens is 1. The molecule has 1 aliphatic heterocycles. The van der Waals surface area contributed by atoms with Gasteiger partial charge in [0.2, 0.25) is 10.0 Å². The van der Waals surface area contributed by atoms with E-state index in [1.54, 1.807) is 10.4 Å². The van der Waals surface area contributed by atoms with Crippen molar-refractivity contribution in [2.75, 3.05) is 31.1 Å². The van der Waals surface area contributed by atoms with Crippen LogP contribution in [0.2, 0.25) is 0 Å². The molecule has 3 heterocycles. The number of aromatic amines is 1. The summed E-state index contributed by atoms with van der Waals surface area (Å²) in [6.45, 7) is 12.4. The molecule has 1 aromatic carbocycles. The number of piperazine rings is 1. The van der Waals surface area contributed by atoms with Gasteiger partial charge in [-0.3, -0.25) is 5.10 Å². The van der Waals surface area contributed by atoms with Gasteiger partial charge in [-0.05, 0) is 63.4 Å². The lowest BCUT2D eigenvalue weighted by molar-refractivity contribution is 0.384. The summed E-state index contributed by atoms with van der Waals surface area (Å²) in [4.78, 5) is 4.39. The molecule has 0 unspecified atom stereocenters. The van der Waals surface area contributed by atoms with Gasteiger partial charge in [0.1, 0.15) is 5.69 Å². The molecule has 0 saturated carbocycles. The molecule has 6 nitrogen and oxygen atoms in total. The Labute approximate surface area is 182 Å². The van der Waals surface area contributed by atoms with Crippen molar-refractivity contribution in [2.45, 2.75) is 39.5 Å². The van der Waals surface area contributed by atoms with Crippen LogP contribution in [0.4, 0.5) is 5.69 Å². The summed E-state index contributed by atoms with van der Waals surface area (Å²) in [7, 11) is -3.53. The van der Waals surface area contributed by atoms with E-state index >= 15 is 0 Å². The van der Waals surface area contributed by atoms with E-state index in [9.17, 15) is 8.42 Å². The number of sulfonamides is 1. The SMILES string of the molecule is Cc1ccc(C)c(N2CCN(S(=O)(=O)c3cc(-c4n[nH]c(C)c4C)sc3C)CC2)c1. The van der Waals surface area contributed by atoms with Crippen LogP contribution < -0.4 is 4.90 Å². The summed E-state index contributed by atoms with van der Waals surface area (Å²) in [6, 6.07) is 8.21. The van der Waals surface area contributed by atoms with Gasteiger partial charge in [0.25, 0.3) is 0 Å². The van der Waals surface area contributed by atoms with Gasteiger partial charge < -0.3 is 4.90 Å². The van der Waals surface area contributed by atoms with Gasteiger partial charge in [-0.2, -0.15) is 9.40 Å². The van der Waals surface area contributed by atoms with E-state index in [-0.39, 0.29) is 0 Å². The van der Waals surface area contributed by atoms with Crippen molar-refractivity contribution in [3.05, 3.63) is 51.5 Å². The fourth-order valence-electron chi connectivity index (χ4n) is 3.93. The number of hydrogen-bond donors (Lipinski definition) is 1. The second-order valence-electron chi connectivity index (χ2n) is 8.03. The van der Waals surface area contributed by atoms with Gasteiger partial charge in [-0.15, -0.1) is 11.3 Å². The first-order chi connectivity index (χ1) is 14.2. The maximum atomic E-state index is 13.4. The summed E-state index contributed by atoms with van der Waals surface area (Å²) >= 11 is 1.49. The van der Waals surface area contributed by atoms with E-state index < -0.39 is 10.0 Å². The Morgan fingerprint density at radius 3 is 2.33 bits per heavy atom. The van der Waals surface area contributed by atoms with Crippen LogP contribution in [0.1, 0.15) is 27.3 Å². The van der Waals surface area contributed by atoms with Crippen LogP contribution in [0.3, 0.4) is 0 Å². The molecule has 0 radical (unpaired) electrons. The number of benzene rings is 1. The molecule has 8 heteroatoms. The highest BCUT2D eigenvalue weighted by molar-refractivity contribution is 7.89. The molecule has 160 valence electrons. The van der Waals surface area contributed by atoms with E-state index in [1.807, 2.05) is 20.8 Å². The quantitative estimate of drug-likeness (QED) is 0.655. The zero-order chi connectivity index (χ0) is 21.6. The Hall–Kier alpha value is -2.16. The molecule has 30 heavy (non-hydrogen) atoms. The molecule has 3 aromatic rings. The zero-order valence-electron chi connectivity index (χ0n) is 18.1. The third-order valence-corrected chi connectivity index (χ3v) is 9.13. The van der Waals surface area contributed by atoms with Crippen LogP contribution in [0.15, 0.2) is 29.2 Å². The number of aryl methyl sites for hydroxylation is 4. The Kier molecular flexibility index (Phi) is 5.50. The van der Waals surface area contributed by atoms with E-state index in [0.29, 0.717) is 31.1 Å². The van der Waals surface area contributed by atoms with E-state index in [4.69, 9.17) is 0 Å². The Bertz CT molecular complexity index is 1190. The largest absolute Gasteiger partial charge is 0.369 e. The van der Waals surface area contributed by atoms with Crippen molar-refractivity contribution in [1.29, 1.82) is 0 Å². The number of aromatic nitrogens is 2. The van der Waals surface area contributed by atoms with Gasteiger partial charge in [-0.25, -0.2) is 8.42 Å². The minimum atomic E-state index is -3.53. The Balaban J connectivity index is 1.55. The fraction of sp³-hybridized carbons (Fsp3) is 0.409. The molecule has 0 bridgehead atoms. The highest BCUT2D eigenvalue weighted by Crippen LogP contribution is 2.36. The molecular formula is C22H28N4O2S2. The lowest BCUT2D eigenvalue weighted by Gasteiger charge is -2.36. The topological polar surface area (TPSA) is 69.3 Å². The normalized spacial score (nSPS) is 15.7. The molecular weight excluding hydrogens is 416 g/mol. The van der Waals surface area contributed by atoms with E-state index in [2.05, 4.69) is 47.1 Å². The van der Waals surface area contributed by atoms with Crippen LogP contribution in [0.5, 0.6) is 0 Å². The minimum Gasteiger partial charge on any atom is -0.369 e.